The van der Waals surface area contributed by atoms with Gasteiger partial charge in [0.1, 0.15) is 0 Å². The van der Waals surface area contributed by atoms with Crippen molar-refractivity contribution in [2.75, 3.05) is 0 Å². The average molecular weight is 239 g/mol. The minimum atomic E-state index is -4.64. The summed E-state index contributed by atoms with van der Waals surface area (Å²) in [5.74, 6) is 0. The maximum absolute atomic E-state index is 8.88. The summed E-state index contributed by atoms with van der Waals surface area (Å²) in [6.45, 7) is 3.96. The maximum atomic E-state index is 8.88. The van der Waals surface area contributed by atoms with E-state index in [-0.39, 0.29) is 19.5 Å². The van der Waals surface area contributed by atoms with Crippen LogP contribution >= 0.6 is 7.82 Å². The van der Waals surface area contributed by atoms with E-state index in [2.05, 4.69) is 12.6 Å². The van der Waals surface area contributed by atoms with Gasteiger partial charge in [-0.15, -0.1) is 0 Å². The minimum Gasteiger partial charge on any atom is -0.790 e. The Hall–Kier alpha value is 1.08. The maximum Gasteiger partial charge on any atom is 0.466 e. The molecule has 0 aromatic rings. The van der Waals surface area contributed by atoms with E-state index in [9.17, 15) is 0 Å². The van der Waals surface area contributed by atoms with Crippen LogP contribution < -0.4 is 0 Å². The van der Waals surface area contributed by atoms with E-state index in [1.165, 1.54) is 0 Å². The van der Waals surface area contributed by atoms with E-state index >= 15 is 0 Å². The van der Waals surface area contributed by atoms with Crippen molar-refractivity contribution in [1.29, 1.82) is 0 Å². The molecule has 0 saturated carbocycles. The second kappa shape index (κ2) is 8.18. The molecule has 0 amide bonds. The molecule has 0 unspecified atom stereocenters. The first-order valence-electron chi connectivity index (χ1n) is 2.17. The molecule has 0 aromatic carbocycles. The Morgan fingerprint density at radius 3 is 1.30 bits per heavy atom. The summed E-state index contributed by atoms with van der Waals surface area (Å²) in [7, 11) is -4.64. The van der Waals surface area contributed by atoms with Crippen molar-refractivity contribution in [2.24, 2.45) is 0 Å². The van der Waals surface area contributed by atoms with Gasteiger partial charge in [-0.25, -0.2) is 4.57 Å². The molecule has 3 N–H and O–H groups in total. The zero-order valence-electron chi connectivity index (χ0n) is 5.89. The first kappa shape index (κ1) is 17.2. The molecule has 0 aliphatic carbocycles. The topological polar surface area (TPSA) is 77.8 Å². The fourth-order valence-corrected chi connectivity index (χ4v) is 0. The van der Waals surface area contributed by atoms with Crippen LogP contribution in [0.15, 0.2) is 0 Å². The molecule has 4 nitrogen and oxygen atoms in total. The molecule has 7 heteroatoms. The molecule has 60 valence electrons. The Labute approximate surface area is 78.4 Å². The number of phosphoric acid groups is 1. The number of rotatable bonds is 0. The van der Waals surface area contributed by atoms with Crippen LogP contribution in [0.3, 0.4) is 0 Å². The summed E-state index contributed by atoms with van der Waals surface area (Å²) in [4.78, 5) is 21.6. The van der Waals surface area contributed by atoms with E-state index in [0.29, 0.717) is 5.25 Å². The van der Waals surface area contributed by atoms with Gasteiger partial charge in [0, 0.05) is 19.5 Å². The molecule has 0 bridgehead atoms. The van der Waals surface area contributed by atoms with Gasteiger partial charge in [-0.05, 0) is 0 Å². The largest absolute Gasteiger partial charge is 0.790 e. The van der Waals surface area contributed by atoms with Crippen molar-refractivity contribution in [3.8, 4) is 0 Å². The van der Waals surface area contributed by atoms with Gasteiger partial charge in [-0.1, -0.05) is 13.8 Å². The fourth-order valence-electron chi connectivity index (χ4n) is 0. The summed E-state index contributed by atoms with van der Waals surface area (Å²) < 4.78 is 8.88. The van der Waals surface area contributed by atoms with Crippen LogP contribution in [-0.4, -0.2) is 19.9 Å². The Kier molecular flexibility index (Phi) is 14.1. The third-order valence-corrected chi connectivity index (χ3v) is 0. The fraction of sp³-hybridized carbons (Fsp3) is 1.00. The molecule has 0 radical (unpaired) electrons. The third kappa shape index (κ3) is 506. The van der Waals surface area contributed by atoms with Crippen LogP contribution in [0.25, 0.3) is 0 Å². The summed E-state index contributed by atoms with van der Waals surface area (Å²) in [5.41, 5.74) is 0. The van der Waals surface area contributed by atoms with Gasteiger partial charge in [0.05, 0.1) is 0 Å². The molecular formula is C3H10O4PSZn-. The second-order valence-electron chi connectivity index (χ2n) is 1.56. The van der Waals surface area contributed by atoms with E-state index in [4.69, 9.17) is 19.2 Å². The molecule has 0 aliphatic heterocycles. The van der Waals surface area contributed by atoms with Gasteiger partial charge < -0.3 is 27.3 Å². The molecule has 0 rings (SSSR count). The Balaban J connectivity index is -0.0000000910. The van der Waals surface area contributed by atoms with Crippen molar-refractivity contribution in [2.45, 2.75) is 19.1 Å². The predicted molar refractivity (Wildman–Crippen MR) is 36.8 cm³/mol. The van der Waals surface area contributed by atoms with Gasteiger partial charge in [0.25, 0.3) is 0 Å². The second-order valence-corrected chi connectivity index (χ2v) is 3.53. The van der Waals surface area contributed by atoms with Gasteiger partial charge in [-0.3, -0.25) is 0 Å². The summed E-state index contributed by atoms with van der Waals surface area (Å²) in [6, 6.07) is 0. The van der Waals surface area contributed by atoms with E-state index < -0.39 is 7.82 Å². The zero-order chi connectivity index (χ0) is 8.08. The zero-order valence-corrected chi connectivity index (χ0v) is 10.6. The van der Waals surface area contributed by atoms with Crippen molar-refractivity contribution in [1.82, 2.24) is 0 Å². The summed E-state index contributed by atoms with van der Waals surface area (Å²) >= 11 is 4.62. The van der Waals surface area contributed by atoms with Crippen molar-refractivity contribution in [3.05, 3.63) is 0 Å². The SMILES string of the molecule is CC(C)[S-].O=P(O)(O)O.[Zn]. The minimum absolute atomic E-state index is 0. The van der Waals surface area contributed by atoms with Crippen LogP contribution in [0.4, 0.5) is 0 Å². The Bertz CT molecular complexity index is 91.7. The van der Waals surface area contributed by atoms with Crippen LogP contribution in [-0.2, 0) is 36.7 Å². The summed E-state index contributed by atoms with van der Waals surface area (Å²) in [6.07, 6.45) is 0. The average Bonchev–Trinajstić information content (AvgIpc) is 1.19. The molecule has 0 fully saturated rings. The van der Waals surface area contributed by atoms with Crippen molar-refractivity contribution < 1.29 is 38.7 Å². The van der Waals surface area contributed by atoms with E-state index in [1.54, 1.807) is 0 Å². The predicted octanol–water partition coefficient (Wildman–Crippen LogP) is 0.0106. The molecule has 0 spiro atoms. The van der Waals surface area contributed by atoms with E-state index in [1.807, 2.05) is 13.8 Å². The normalized spacial score (nSPS) is 9.50. The standard InChI is InChI=1S/C3H8S.H3O4P.Zn/c1-3(2)4;1-5(2,3)4;/h3-4H,1-2H3;(H3,1,2,3,4);/p-1. The van der Waals surface area contributed by atoms with Gasteiger partial charge in [0.2, 0.25) is 0 Å². The monoisotopic (exact) mass is 237 g/mol. The molecule has 0 aliphatic rings. The van der Waals surface area contributed by atoms with Crippen LogP contribution in [0.5, 0.6) is 0 Å². The number of hydrogen-bond acceptors (Lipinski definition) is 2. The Morgan fingerprint density at radius 1 is 1.30 bits per heavy atom. The first-order chi connectivity index (χ1) is 3.73. The number of hydrogen-bond donors (Lipinski definition) is 3. The molecule has 0 heterocycles. The quantitative estimate of drug-likeness (QED) is 0.315. The van der Waals surface area contributed by atoms with Crippen LogP contribution in [0.1, 0.15) is 13.8 Å². The Morgan fingerprint density at radius 2 is 1.30 bits per heavy atom. The van der Waals surface area contributed by atoms with Crippen LogP contribution in [0.2, 0.25) is 0 Å². The summed E-state index contributed by atoms with van der Waals surface area (Å²) in [5, 5.41) is 0.417. The first-order valence-corrected chi connectivity index (χ1v) is 4.21. The van der Waals surface area contributed by atoms with Crippen LogP contribution in [0, 0.1) is 0 Å². The van der Waals surface area contributed by atoms with Gasteiger partial charge >= 0.3 is 7.82 Å². The van der Waals surface area contributed by atoms with Gasteiger partial charge in [0.15, 0.2) is 0 Å². The van der Waals surface area contributed by atoms with Crippen molar-refractivity contribution in [3.63, 3.8) is 0 Å². The molecule has 10 heavy (non-hydrogen) atoms. The molecule has 0 aromatic heterocycles. The van der Waals surface area contributed by atoms with Gasteiger partial charge in [-0.2, -0.15) is 5.25 Å². The van der Waals surface area contributed by atoms with E-state index in [0.717, 1.165) is 0 Å². The van der Waals surface area contributed by atoms with Crippen molar-refractivity contribution >= 4 is 20.5 Å². The molecule has 0 atom stereocenters. The smallest absolute Gasteiger partial charge is 0.466 e. The third-order valence-electron chi connectivity index (χ3n) is 0. The molecule has 0 saturated heterocycles. The molecular weight excluding hydrogens is 228 g/mol.